The molecule has 0 unspecified atom stereocenters. The van der Waals surface area contributed by atoms with Crippen LogP contribution in [0.5, 0.6) is 0 Å². The van der Waals surface area contributed by atoms with Crippen LogP contribution in [0.4, 0.5) is 5.82 Å². The molecular formula is C28H32ClN5O7. The predicted octanol–water partition coefficient (Wildman–Crippen LogP) is 3.07. The number of nitrogens with one attached hydrogen (secondary N) is 1. The molecule has 2 N–H and O–H groups in total. The van der Waals surface area contributed by atoms with Gasteiger partial charge >= 0.3 is 11.9 Å². The summed E-state index contributed by atoms with van der Waals surface area (Å²) in [6.45, 7) is -0.560. The van der Waals surface area contributed by atoms with E-state index < -0.39 is 42.5 Å². The quantitative estimate of drug-likeness (QED) is 0.293. The van der Waals surface area contributed by atoms with Crippen molar-refractivity contribution in [3.63, 3.8) is 0 Å². The highest BCUT2D eigenvalue weighted by molar-refractivity contribution is 6.28. The second-order valence-electron chi connectivity index (χ2n) is 11.6. The van der Waals surface area contributed by atoms with Gasteiger partial charge in [0, 0.05) is 19.3 Å². The highest BCUT2D eigenvalue weighted by atomic mass is 35.5. The van der Waals surface area contributed by atoms with Gasteiger partial charge in [-0.3, -0.25) is 19.0 Å². The summed E-state index contributed by atoms with van der Waals surface area (Å²) in [6, 6.07) is 0. The molecule has 1 spiro atoms. The Hall–Kier alpha value is -3.27. The minimum absolute atomic E-state index is 0.0374. The molecule has 4 fully saturated rings. The molecule has 218 valence electrons. The summed E-state index contributed by atoms with van der Waals surface area (Å²) in [5, 5.41) is 12.7. The van der Waals surface area contributed by atoms with Crippen LogP contribution in [0, 0.1) is 23.7 Å². The summed E-state index contributed by atoms with van der Waals surface area (Å²) in [4.78, 5) is 50.0. The van der Waals surface area contributed by atoms with E-state index in [0.717, 1.165) is 25.7 Å². The Morgan fingerprint density at radius 1 is 1.22 bits per heavy atom. The van der Waals surface area contributed by atoms with Gasteiger partial charge in [0.25, 0.3) is 5.91 Å². The van der Waals surface area contributed by atoms with Crippen LogP contribution >= 0.6 is 11.6 Å². The summed E-state index contributed by atoms with van der Waals surface area (Å²) in [5.74, 6) is 1.01. The van der Waals surface area contributed by atoms with Crippen LogP contribution in [0.15, 0.2) is 6.33 Å². The van der Waals surface area contributed by atoms with E-state index in [1.807, 2.05) is 0 Å². The van der Waals surface area contributed by atoms with Crippen LogP contribution in [-0.2, 0) is 28.6 Å². The fourth-order valence-corrected chi connectivity index (χ4v) is 6.95. The Morgan fingerprint density at radius 3 is 2.63 bits per heavy atom. The number of anilines is 1. The van der Waals surface area contributed by atoms with E-state index in [1.165, 1.54) is 32.0 Å². The largest absolute Gasteiger partial charge is 0.458 e. The first-order chi connectivity index (χ1) is 19.7. The van der Waals surface area contributed by atoms with Crippen molar-refractivity contribution in [1.82, 2.24) is 19.5 Å². The molecule has 4 heterocycles. The monoisotopic (exact) mass is 585 g/mol. The number of aromatic nitrogens is 4. The van der Waals surface area contributed by atoms with Crippen molar-refractivity contribution >= 4 is 46.4 Å². The second kappa shape index (κ2) is 10.9. The second-order valence-corrected chi connectivity index (χ2v) is 11.9. The number of ether oxygens (including phenoxy) is 3. The van der Waals surface area contributed by atoms with Gasteiger partial charge in [0.2, 0.25) is 5.28 Å². The summed E-state index contributed by atoms with van der Waals surface area (Å²) < 4.78 is 18.7. The van der Waals surface area contributed by atoms with Gasteiger partial charge in [0.1, 0.15) is 12.3 Å². The lowest BCUT2D eigenvalue weighted by Crippen LogP contribution is -2.45. The van der Waals surface area contributed by atoms with Gasteiger partial charge in [-0.1, -0.05) is 18.8 Å². The van der Waals surface area contributed by atoms with E-state index in [0.29, 0.717) is 5.41 Å². The van der Waals surface area contributed by atoms with Crippen LogP contribution < -0.4 is 5.32 Å². The SMILES string of the molecule is C#C[C@]1(CO)O[C@@H](n2cnc3c(NC(=O)[C@H]4CCC(=O)O4)nc(Cl)nc32)C[C@@H]1OC(=O)C1CCC2(CCCC2)CC1. The first kappa shape index (κ1) is 27.9. The van der Waals surface area contributed by atoms with Crippen LogP contribution in [-0.4, -0.2) is 66.9 Å². The van der Waals surface area contributed by atoms with Crippen LogP contribution in [0.1, 0.15) is 76.9 Å². The molecule has 2 saturated carbocycles. The normalized spacial score (nSPS) is 29.5. The fraction of sp³-hybridized carbons (Fsp3) is 0.643. The molecule has 0 radical (unpaired) electrons. The molecule has 4 aliphatic rings. The predicted molar refractivity (Wildman–Crippen MR) is 144 cm³/mol. The maximum atomic E-state index is 13.2. The molecular weight excluding hydrogens is 554 g/mol. The van der Waals surface area contributed by atoms with Gasteiger partial charge < -0.3 is 24.6 Å². The molecule has 12 nitrogen and oxygen atoms in total. The molecule has 0 bridgehead atoms. The average molecular weight is 586 g/mol. The third-order valence-electron chi connectivity index (χ3n) is 9.19. The number of imidazole rings is 1. The first-order valence-corrected chi connectivity index (χ1v) is 14.5. The summed E-state index contributed by atoms with van der Waals surface area (Å²) >= 11 is 6.18. The Balaban J connectivity index is 1.19. The molecule has 41 heavy (non-hydrogen) atoms. The fourth-order valence-electron chi connectivity index (χ4n) is 6.79. The van der Waals surface area contributed by atoms with Crippen LogP contribution in [0.2, 0.25) is 5.28 Å². The third kappa shape index (κ3) is 5.15. The molecule has 0 aromatic carbocycles. The smallest absolute Gasteiger partial charge is 0.309 e. The summed E-state index contributed by atoms with van der Waals surface area (Å²) in [7, 11) is 0. The number of carbonyl (C=O) groups excluding carboxylic acids is 3. The zero-order valence-corrected chi connectivity index (χ0v) is 23.3. The van der Waals surface area contributed by atoms with E-state index in [9.17, 15) is 19.5 Å². The highest BCUT2D eigenvalue weighted by Gasteiger charge is 2.52. The summed E-state index contributed by atoms with van der Waals surface area (Å²) in [5.41, 5.74) is -0.719. The molecule has 2 aromatic rings. The third-order valence-corrected chi connectivity index (χ3v) is 9.36. The van der Waals surface area contributed by atoms with Crippen molar-refractivity contribution in [2.24, 2.45) is 11.3 Å². The van der Waals surface area contributed by atoms with Gasteiger partial charge in [-0.05, 0) is 55.5 Å². The Labute approximate surface area is 241 Å². The Bertz CT molecular complexity index is 1410. The maximum absolute atomic E-state index is 13.2. The summed E-state index contributed by atoms with van der Waals surface area (Å²) in [6.07, 6.45) is 13.8. The van der Waals surface area contributed by atoms with Gasteiger partial charge in [-0.2, -0.15) is 9.97 Å². The van der Waals surface area contributed by atoms with Crippen molar-refractivity contribution in [1.29, 1.82) is 0 Å². The molecule has 2 saturated heterocycles. The van der Waals surface area contributed by atoms with Gasteiger partial charge in [-0.15, -0.1) is 6.42 Å². The van der Waals surface area contributed by atoms with Gasteiger partial charge in [0.15, 0.2) is 28.7 Å². The molecule has 13 heteroatoms. The van der Waals surface area contributed by atoms with Crippen molar-refractivity contribution < 1.29 is 33.7 Å². The van der Waals surface area contributed by atoms with Crippen molar-refractivity contribution in [2.45, 2.75) is 94.7 Å². The number of rotatable bonds is 6. The number of aliphatic hydroxyl groups excluding tert-OH is 1. The number of terminal acetylenes is 1. The topological polar surface area (TPSA) is 155 Å². The maximum Gasteiger partial charge on any atom is 0.309 e. The molecule has 2 aliphatic carbocycles. The van der Waals surface area contributed by atoms with E-state index in [4.69, 9.17) is 32.2 Å². The molecule has 6 rings (SSSR count). The van der Waals surface area contributed by atoms with Crippen LogP contribution in [0.25, 0.3) is 11.2 Å². The van der Waals surface area contributed by atoms with Gasteiger partial charge in [-0.25, -0.2) is 4.98 Å². The Kier molecular flexibility index (Phi) is 7.38. The van der Waals surface area contributed by atoms with Gasteiger partial charge in [0.05, 0.1) is 18.9 Å². The van der Waals surface area contributed by atoms with E-state index in [-0.39, 0.29) is 53.4 Å². The molecule has 2 aliphatic heterocycles. The number of cyclic esters (lactones) is 1. The number of carbonyl (C=O) groups is 3. The standard InChI is InChI=1S/C28H32ClN5O7/c1-2-28(14-35)18(40-25(38)16-7-11-27(12-8-16)9-3-4-10-27)13-19(41-28)34-15-30-21-22(32-26(29)33-23(21)34)31-24(37)17-5-6-20(36)39-17/h1,15-19,35H,3-14H2,(H,31,32,33,37)/t17-,18+,19-,28-/m1/s1. The minimum Gasteiger partial charge on any atom is -0.458 e. The lowest BCUT2D eigenvalue weighted by atomic mass is 9.69. The van der Waals surface area contributed by atoms with E-state index in [2.05, 4.69) is 26.2 Å². The van der Waals surface area contributed by atoms with Crippen molar-refractivity contribution in [3.8, 4) is 12.3 Å². The van der Waals surface area contributed by atoms with E-state index in [1.54, 1.807) is 4.57 Å². The number of aliphatic hydroxyl groups is 1. The van der Waals surface area contributed by atoms with Crippen molar-refractivity contribution in [2.75, 3.05) is 11.9 Å². The minimum atomic E-state index is -1.56. The zero-order chi connectivity index (χ0) is 28.8. The lowest BCUT2D eigenvalue weighted by molar-refractivity contribution is -0.165. The Morgan fingerprint density at radius 2 is 1.98 bits per heavy atom. The number of nitrogens with zero attached hydrogens (tertiary/aromatic N) is 4. The number of fused-ring (bicyclic) bond motifs is 1. The molecule has 4 atom stereocenters. The molecule has 1 amide bonds. The van der Waals surface area contributed by atoms with E-state index >= 15 is 0 Å². The number of esters is 2. The lowest BCUT2D eigenvalue weighted by Gasteiger charge is -2.37. The number of hydrogen-bond donors (Lipinski definition) is 2. The number of hydrogen-bond acceptors (Lipinski definition) is 10. The zero-order valence-electron chi connectivity index (χ0n) is 22.5. The number of halogens is 1. The highest BCUT2D eigenvalue weighted by Crippen LogP contribution is 2.50. The number of amides is 1. The van der Waals surface area contributed by atoms with Crippen molar-refractivity contribution in [3.05, 3.63) is 11.6 Å². The molecule has 2 aromatic heterocycles. The first-order valence-electron chi connectivity index (χ1n) is 14.1. The average Bonchev–Trinajstić information content (AvgIpc) is 3.76. The van der Waals surface area contributed by atoms with Crippen LogP contribution in [0.3, 0.4) is 0 Å².